The predicted octanol–water partition coefficient (Wildman–Crippen LogP) is 3.51. The van der Waals surface area contributed by atoms with Crippen molar-refractivity contribution in [3.63, 3.8) is 0 Å². The fourth-order valence-corrected chi connectivity index (χ4v) is 5.48. The molecule has 7 heteroatoms. The molecule has 0 spiro atoms. The molecule has 1 aromatic carbocycles. The second-order valence-electron chi connectivity index (χ2n) is 5.03. The molecule has 124 valence electrons. The number of rotatable bonds is 7. The number of carbonyl (C=O) groups is 1. The molecule has 0 unspecified atom stereocenters. The van der Waals surface area contributed by atoms with Crippen LogP contribution < -0.4 is 5.32 Å². The largest absolute Gasteiger partial charge is 0.352 e. The van der Waals surface area contributed by atoms with Crippen molar-refractivity contribution in [3.8, 4) is 0 Å². The van der Waals surface area contributed by atoms with Gasteiger partial charge in [-0.2, -0.15) is 0 Å². The van der Waals surface area contributed by atoms with Crippen molar-refractivity contribution in [2.45, 2.75) is 24.7 Å². The van der Waals surface area contributed by atoms with E-state index in [1.807, 2.05) is 19.1 Å². The third kappa shape index (κ3) is 5.02. The van der Waals surface area contributed by atoms with Crippen molar-refractivity contribution < 1.29 is 13.2 Å². The molecule has 0 radical (unpaired) electrons. The standard InChI is InChI=1S/C16H18INO3S2/c1-2-11-23(20,21)14-6-4-3-5-13(14)16(19)18-10-9-12-7-8-15(17)22-12/h3-8H,2,9-11H2,1H3,(H,18,19). The summed E-state index contributed by atoms with van der Waals surface area (Å²) in [5.74, 6) is -0.295. The Morgan fingerprint density at radius 3 is 2.61 bits per heavy atom. The van der Waals surface area contributed by atoms with Crippen LogP contribution in [0, 0.1) is 2.88 Å². The average Bonchev–Trinajstić information content (AvgIpc) is 2.92. The first kappa shape index (κ1) is 18.4. The summed E-state index contributed by atoms with van der Waals surface area (Å²) in [6.07, 6.45) is 1.26. The molecule has 2 aromatic rings. The van der Waals surface area contributed by atoms with Crippen LogP contribution in [-0.2, 0) is 16.3 Å². The number of halogens is 1. The monoisotopic (exact) mass is 463 g/mol. The van der Waals surface area contributed by atoms with Crippen LogP contribution in [0.5, 0.6) is 0 Å². The summed E-state index contributed by atoms with van der Waals surface area (Å²) in [7, 11) is -3.42. The van der Waals surface area contributed by atoms with Gasteiger partial charge in [0.15, 0.2) is 9.84 Å². The van der Waals surface area contributed by atoms with Crippen LogP contribution in [0.2, 0.25) is 0 Å². The predicted molar refractivity (Wildman–Crippen MR) is 102 cm³/mol. The Labute approximate surface area is 154 Å². The smallest absolute Gasteiger partial charge is 0.252 e. The fraction of sp³-hybridized carbons (Fsp3) is 0.312. The molecule has 0 atom stereocenters. The van der Waals surface area contributed by atoms with Crippen LogP contribution in [0.25, 0.3) is 0 Å². The number of amides is 1. The van der Waals surface area contributed by atoms with Crippen LogP contribution in [0.15, 0.2) is 41.3 Å². The highest BCUT2D eigenvalue weighted by Crippen LogP contribution is 2.19. The zero-order valence-electron chi connectivity index (χ0n) is 12.7. The maximum atomic E-state index is 12.3. The van der Waals surface area contributed by atoms with Crippen molar-refractivity contribution in [1.29, 1.82) is 0 Å². The zero-order valence-corrected chi connectivity index (χ0v) is 16.5. The van der Waals surface area contributed by atoms with Crippen LogP contribution >= 0.6 is 33.9 Å². The number of hydrogen-bond donors (Lipinski definition) is 1. The lowest BCUT2D eigenvalue weighted by atomic mass is 10.2. The molecule has 0 aliphatic heterocycles. The molecule has 1 heterocycles. The maximum absolute atomic E-state index is 12.3. The quantitative estimate of drug-likeness (QED) is 0.640. The van der Waals surface area contributed by atoms with Gasteiger partial charge in [-0.25, -0.2) is 8.42 Å². The third-order valence-corrected chi connectivity index (χ3v) is 7.15. The number of hydrogen-bond acceptors (Lipinski definition) is 4. The maximum Gasteiger partial charge on any atom is 0.252 e. The van der Waals surface area contributed by atoms with E-state index >= 15 is 0 Å². The SMILES string of the molecule is CCCS(=O)(=O)c1ccccc1C(=O)NCCc1ccc(I)s1. The van der Waals surface area contributed by atoms with Crippen molar-refractivity contribution in [2.24, 2.45) is 0 Å². The van der Waals surface area contributed by atoms with Gasteiger partial charge >= 0.3 is 0 Å². The molecule has 1 N–H and O–H groups in total. The molecule has 2 rings (SSSR count). The minimum absolute atomic E-state index is 0.0466. The molecule has 1 aromatic heterocycles. The highest BCUT2D eigenvalue weighted by molar-refractivity contribution is 14.1. The second-order valence-corrected chi connectivity index (χ2v) is 10.2. The number of nitrogens with one attached hydrogen (secondary N) is 1. The van der Waals surface area contributed by atoms with E-state index in [9.17, 15) is 13.2 Å². The van der Waals surface area contributed by atoms with Gasteiger partial charge in [0.25, 0.3) is 5.91 Å². The topological polar surface area (TPSA) is 63.2 Å². The minimum atomic E-state index is -3.42. The summed E-state index contributed by atoms with van der Waals surface area (Å²) in [4.78, 5) is 13.6. The van der Waals surface area contributed by atoms with Crippen molar-refractivity contribution >= 4 is 49.7 Å². The molecule has 0 aliphatic rings. The normalized spacial score (nSPS) is 11.4. The van der Waals surface area contributed by atoms with Gasteiger partial charge in [-0.15, -0.1) is 11.3 Å². The van der Waals surface area contributed by atoms with Gasteiger partial charge in [0.1, 0.15) is 0 Å². The number of carbonyl (C=O) groups excluding carboxylic acids is 1. The lowest BCUT2D eigenvalue weighted by Gasteiger charge is -2.10. The van der Waals surface area contributed by atoms with E-state index in [0.717, 1.165) is 6.42 Å². The van der Waals surface area contributed by atoms with Crippen molar-refractivity contribution in [3.05, 3.63) is 49.7 Å². The number of sulfone groups is 1. The highest BCUT2D eigenvalue weighted by atomic mass is 127. The Bertz CT molecular complexity index is 784. The van der Waals surface area contributed by atoms with Crippen LogP contribution in [0.3, 0.4) is 0 Å². The lowest BCUT2D eigenvalue weighted by molar-refractivity contribution is 0.0951. The molecule has 23 heavy (non-hydrogen) atoms. The molecule has 0 saturated carbocycles. The molecule has 0 saturated heterocycles. The third-order valence-electron chi connectivity index (χ3n) is 3.23. The fourth-order valence-electron chi connectivity index (χ4n) is 2.18. The van der Waals surface area contributed by atoms with Crippen LogP contribution in [-0.4, -0.2) is 26.6 Å². The summed E-state index contributed by atoms with van der Waals surface area (Å²) < 4.78 is 25.8. The van der Waals surface area contributed by atoms with E-state index < -0.39 is 9.84 Å². The van der Waals surface area contributed by atoms with E-state index in [2.05, 4.69) is 27.9 Å². The Kier molecular flexibility index (Phi) is 6.60. The molecular formula is C16H18INO3S2. The second kappa shape index (κ2) is 8.25. The van der Waals surface area contributed by atoms with Crippen molar-refractivity contribution in [1.82, 2.24) is 5.32 Å². The summed E-state index contributed by atoms with van der Waals surface area (Å²) in [5, 5.41) is 2.81. The zero-order chi connectivity index (χ0) is 16.9. The van der Waals surface area contributed by atoms with Gasteiger partial charge in [0, 0.05) is 11.4 Å². The first-order valence-corrected chi connectivity index (χ1v) is 10.8. The van der Waals surface area contributed by atoms with Gasteiger partial charge in [0.2, 0.25) is 0 Å². The first-order chi connectivity index (χ1) is 10.9. The first-order valence-electron chi connectivity index (χ1n) is 7.28. The highest BCUT2D eigenvalue weighted by Gasteiger charge is 2.21. The van der Waals surface area contributed by atoms with E-state index in [-0.39, 0.29) is 22.1 Å². The molecule has 4 nitrogen and oxygen atoms in total. The van der Waals surface area contributed by atoms with Crippen molar-refractivity contribution in [2.75, 3.05) is 12.3 Å². The summed E-state index contributed by atoms with van der Waals surface area (Å²) in [5.41, 5.74) is 0.224. The van der Waals surface area contributed by atoms with Gasteiger partial charge in [-0.3, -0.25) is 4.79 Å². The van der Waals surface area contributed by atoms with Gasteiger partial charge in [-0.05, 0) is 59.7 Å². The Hall–Kier alpha value is -0.930. The number of benzene rings is 1. The van der Waals surface area contributed by atoms with Gasteiger partial charge in [-0.1, -0.05) is 19.1 Å². The summed E-state index contributed by atoms with van der Waals surface area (Å²) in [6, 6.07) is 10.5. The number of thiophene rings is 1. The van der Waals surface area contributed by atoms with Gasteiger partial charge < -0.3 is 5.32 Å². The minimum Gasteiger partial charge on any atom is -0.352 e. The molecule has 0 bridgehead atoms. The van der Waals surface area contributed by atoms with Crippen LogP contribution in [0.1, 0.15) is 28.6 Å². The molecule has 1 amide bonds. The van der Waals surface area contributed by atoms with E-state index in [4.69, 9.17) is 0 Å². The lowest BCUT2D eigenvalue weighted by Crippen LogP contribution is -2.27. The molecular weight excluding hydrogens is 445 g/mol. The Balaban J connectivity index is 2.07. The Morgan fingerprint density at radius 1 is 1.22 bits per heavy atom. The summed E-state index contributed by atoms with van der Waals surface area (Å²) in [6.45, 7) is 2.29. The van der Waals surface area contributed by atoms with E-state index in [1.165, 1.54) is 13.8 Å². The van der Waals surface area contributed by atoms with E-state index in [1.54, 1.807) is 29.5 Å². The van der Waals surface area contributed by atoms with Crippen LogP contribution in [0.4, 0.5) is 0 Å². The van der Waals surface area contributed by atoms with Gasteiger partial charge in [0.05, 0.1) is 19.1 Å². The summed E-state index contributed by atoms with van der Waals surface area (Å²) >= 11 is 3.95. The Morgan fingerprint density at radius 2 is 1.96 bits per heavy atom. The van der Waals surface area contributed by atoms with E-state index in [0.29, 0.717) is 13.0 Å². The average molecular weight is 463 g/mol. The molecule has 0 fully saturated rings. The molecule has 0 aliphatic carbocycles.